The molecule has 3 rings (SSSR count). The van der Waals surface area contributed by atoms with E-state index in [1.54, 1.807) is 4.90 Å². The molecule has 2 aliphatic rings. The zero-order valence-electron chi connectivity index (χ0n) is 12.2. The molecule has 22 heavy (non-hydrogen) atoms. The highest BCUT2D eigenvalue weighted by Gasteiger charge is 2.32. The van der Waals surface area contributed by atoms with Crippen molar-refractivity contribution in [3.63, 3.8) is 0 Å². The van der Waals surface area contributed by atoms with Crippen LogP contribution in [0.15, 0.2) is 29.2 Å². The first kappa shape index (κ1) is 15.8. The van der Waals surface area contributed by atoms with E-state index in [-0.39, 0.29) is 10.8 Å². The lowest BCUT2D eigenvalue weighted by Gasteiger charge is -2.24. The lowest BCUT2D eigenvalue weighted by atomic mass is 10.1. The summed E-state index contributed by atoms with van der Waals surface area (Å²) in [5.41, 5.74) is 0. The van der Waals surface area contributed by atoms with Gasteiger partial charge in [-0.2, -0.15) is 0 Å². The van der Waals surface area contributed by atoms with Crippen LogP contribution in [-0.2, 0) is 14.6 Å². The Bertz CT molecular complexity index is 660. The maximum absolute atomic E-state index is 12.4. The number of fused-ring (bicyclic) bond motifs is 2. The standard InChI is InChI=1S/C15H19ClN2O3S/c16-11-1-5-14(6-2-11)22(20,21)10-15(19)18-8-7-12-3-4-13(9-18)17-12/h1-2,5-6,12-13,17H,3-4,7-10H2. The Morgan fingerprint density at radius 2 is 1.86 bits per heavy atom. The molecule has 0 spiro atoms. The van der Waals surface area contributed by atoms with Crippen molar-refractivity contribution >= 4 is 27.3 Å². The molecule has 2 heterocycles. The number of halogens is 1. The third-order valence-electron chi connectivity index (χ3n) is 4.36. The summed E-state index contributed by atoms with van der Waals surface area (Å²) in [6.07, 6.45) is 3.09. The van der Waals surface area contributed by atoms with Crippen molar-refractivity contribution in [2.75, 3.05) is 18.8 Å². The van der Waals surface area contributed by atoms with E-state index in [4.69, 9.17) is 11.6 Å². The van der Waals surface area contributed by atoms with Crippen LogP contribution in [0.5, 0.6) is 0 Å². The van der Waals surface area contributed by atoms with Gasteiger partial charge in [0.15, 0.2) is 9.84 Å². The molecule has 0 aromatic heterocycles. The number of sulfone groups is 1. The lowest BCUT2D eigenvalue weighted by Crippen LogP contribution is -2.41. The van der Waals surface area contributed by atoms with Gasteiger partial charge in [0.05, 0.1) is 4.90 Å². The van der Waals surface area contributed by atoms with Crippen LogP contribution in [0.25, 0.3) is 0 Å². The first-order valence-electron chi connectivity index (χ1n) is 7.46. The molecule has 2 saturated heterocycles. The molecular weight excluding hydrogens is 324 g/mol. The number of nitrogens with zero attached hydrogens (tertiary/aromatic N) is 1. The predicted octanol–water partition coefficient (Wildman–Crippen LogP) is 1.47. The highest BCUT2D eigenvalue weighted by Crippen LogP contribution is 2.21. The number of hydrogen-bond acceptors (Lipinski definition) is 4. The van der Waals surface area contributed by atoms with E-state index in [1.807, 2.05) is 0 Å². The molecule has 5 nitrogen and oxygen atoms in total. The van der Waals surface area contributed by atoms with Gasteiger partial charge in [0.1, 0.15) is 5.75 Å². The summed E-state index contributed by atoms with van der Waals surface area (Å²) >= 11 is 5.77. The molecule has 1 N–H and O–H groups in total. The summed E-state index contributed by atoms with van der Waals surface area (Å²) in [5.74, 6) is -0.796. The third-order valence-corrected chi connectivity index (χ3v) is 6.23. The van der Waals surface area contributed by atoms with Gasteiger partial charge >= 0.3 is 0 Å². The Balaban J connectivity index is 1.69. The summed E-state index contributed by atoms with van der Waals surface area (Å²) in [4.78, 5) is 14.2. The van der Waals surface area contributed by atoms with Crippen LogP contribution in [0.4, 0.5) is 0 Å². The molecular formula is C15H19ClN2O3S. The highest BCUT2D eigenvalue weighted by molar-refractivity contribution is 7.92. The van der Waals surface area contributed by atoms with Gasteiger partial charge in [0, 0.05) is 30.2 Å². The van der Waals surface area contributed by atoms with E-state index < -0.39 is 15.6 Å². The smallest absolute Gasteiger partial charge is 0.238 e. The molecule has 0 aliphatic carbocycles. The molecule has 1 aromatic rings. The summed E-state index contributed by atoms with van der Waals surface area (Å²) in [5, 5.41) is 3.95. The van der Waals surface area contributed by atoms with Crippen molar-refractivity contribution in [3.8, 4) is 0 Å². The predicted molar refractivity (Wildman–Crippen MR) is 84.6 cm³/mol. The van der Waals surface area contributed by atoms with Crippen molar-refractivity contribution in [1.29, 1.82) is 0 Å². The Kier molecular flexibility index (Phi) is 4.43. The summed E-state index contributed by atoms with van der Waals surface area (Å²) in [6, 6.07) is 6.69. The van der Waals surface area contributed by atoms with Gasteiger partial charge in [-0.05, 0) is 43.5 Å². The van der Waals surface area contributed by atoms with Crippen LogP contribution in [0.1, 0.15) is 19.3 Å². The first-order valence-corrected chi connectivity index (χ1v) is 9.49. The average Bonchev–Trinajstić information content (AvgIpc) is 2.78. The normalized spacial score (nSPS) is 25.0. The zero-order valence-corrected chi connectivity index (χ0v) is 13.7. The van der Waals surface area contributed by atoms with Crippen molar-refractivity contribution in [3.05, 3.63) is 29.3 Å². The van der Waals surface area contributed by atoms with Gasteiger partial charge < -0.3 is 10.2 Å². The van der Waals surface area contributed by atoms with Crippen molar-refractivity contribution < 1.29 is 13.2 Å². The monoisotopic (exact) mass is 342 g/mol. The number of rotatable bonds is 3. The molecule has 2 unspecified atom stereocenters. The Morgan fingerprint density at radius 1 is 1.18 bits per heavy atom. The van der Waals surface area contributed by atoms with Crippen molar-refractivity contribution in [1.82, 2.24) is 10.2 Å². The highest BCUT2D eigenvalue weighted by atomic mass is 35.5. The van der Waals surface area contributed by atoms with Crippen LogP contribution in [0.2, 0.25) is 5.02 Å². The second kappa shape index (κ2) is 6.18. The number of carbonyl (C=O) groups excluding carboxylic acids is 1. The van der Waals surface area contributed by atoms with Gasteiger partial charge in [0.25, 0.3) is 0 Å². The molecule has 1 amide bonds. The molecule has 2 bridgehead atoms. The Morgan fingerprint density at radius 3 is 2.59 bits per heavy atom. The van der Waals surface area contributed by atoms with E-state index >= 15 is 0 Å². The van der Waals surface area contributed by atoms with Gasteiger partial charge in [-0.3, -0.25) is 4.79 Å². The summed E-state index contributed by atoms with van der Waals surface area (Å²) < 4.78 is 24.7. The second-order valence-corrected chi connectivity index (χ2v) is 8.41. The largest absolute Gasteiger partial charge is 0.340 e. The number of hydrogen-bond donors (Lipinski definition) is 1. The van der Waals surface area contributed by atoms with Crippen LogP contribution in [0, 0.1) is 0 Å². The van der Waals surface area contributed by atoms with Crippen molar-refractivity contribution in [2.24, 2.45) is 0 Å². The molecule has 0 radical (unpaired) electrons. The van der Waals surface area contributed by atoms with Crippen LogP contribution >= 0.6 is 11.6 Å². The fourth-order valence-electron chi connectivity index (χ4n) is 3.15. The molecule has 7 heteroatoms. The van der Waals surface area contributed by atoms with E-state index in [0.29, 0.717) is 30.2 Å². The molecule has 120 valence electrons. The van der Waals surface area contributed by atoms with Crippen LogP contribution in [-0.4, -0.2) is 50.2 Å². The van der Waals surface area contributed by atoms with E-state index in [0.717, 1.165) is 19.3 Å². The number of nitrogens with one attached hydrogen (secondary N) is 1. The minimum atomic E-state index is -3.62. The fourth-order valence-corrected chi connectivity index (χ4v) is 4.50. The molecule has 2 atom stereocenters. The second-order valence-electron chi connectivity index (χ2n) is 5.98. The number of likely N-dealkylation sites (tertiary alicyclic amines) is 1. The number of benzene rings is 1. The summed E-state index contributed by atoms with van der Waals surface area (Å²) in [7, 11) is -3.62. The fraction of sp³-hybridized carbons (Fsp3) is 0.533. The third kappa shape index (κ3) is 3.45. The molecule has 1 aromatic carbocycles. The SMILES string of the molecule is O=C(CS(=O)(=O)c1ccc(Cl)cc1)N1CCC2CCC(C1)N2. The zero-order chi connectivity index (χ0) is 15.7. The quantitative estimate of drug-likeness (QED) is 0.903. The minimum absolute atomic E-state index is 0.139. The van der Waals surface area contributed by atoms with Crippen LogP contribution in [0.3, 0.4) is 0 Å². The topological polar surface area (TPSA) is 66.5 Å². The molecule has 2 aliphatic heterocycles. The maximum Gasteiger partial charge on any atom is 0.238 e. The number of amides is 1. The van der Waals surface area contributed by atoms with E-state index in [2.05, 4.69) is 5.32 Å². The molecule has 0 saturated carbocycles. The van der Waals surface area contributed by atoms with Crippen molar-refractivity contribution in [2.45, 2.75) is 36.2 Å². The van der Waals surface area contributed by atoms with E-state index in [1.165, 1.54) is 24.3 Å². The lowest BCUT2D eigenvalue weighted by molar-refractivity contribution is -0.128. The first-order chi connectivity index (χ1) is 10.4. The average molecular weight is 343 g/mol. The van der Waals surface area contributed by atoms with Gasteiger partial charge in [-0.15, -0.1) is 0 Å². The van der Waals surface area contributed by atoms with E-state index in [9.17, 15) is 13.2 Å². The molecule has 2 fully saturated rings. The van der Waals surface area contributed by atoms with Gasteiger partial charge in [0.2, 0.25) is 5.91 Å². The van der Waals surface area contributed by atoms with Gasteiger partial charge in [-0.25, -0.2) is 8.42 Å². The maximum atomic E-state index is 12.4. The number of carbonyl (C=O) groups is 1. The minimum Gasteiger partial charge on any atom is -0.340 e. The Labute approximate surface area is 135 Å². The van der Waals surface area contributed by atoms with Gasteiger partial charge in [-0.1, -0.05) is 11.6 Å². The van der Waals surface area contributed by atoms with Crippen LogP contribution < -0.4 is 5.32 Å². The summed E-state index contributed by atoms with van der Waals surface area (Å²) in [6.45, 7) is 1.23. The Hall–Kier alpha value is -1.11.